The summed E-state index contributed by atoms with van der Waals surface area (Å²) in [6.07, 6.45) is 1.55. The average Bonchev–Trinajstić information content (AvgIpc) is 2.45. The van der Waals surface area contributed by atoms with E-state index in [1.807, 2.05) is 0 Å². The van der Waals surface area contributed by atoms with Gasteiger partial charge >= 0.3 is 5.97 Å². The Bertz CT molecular complexity index is 599. The van der Waals surface area contributed by atoms with Gasteiger partial charge in [0.1, 0.15) is 18.4 Å². The molecule has 7 heteroatoms. The van der Waals surface area contributed by atoms with Gasteiger partial charge in [-0.15, -0.1) is 0 Å². The number of aliphatic carboxylic acids is 1. The Kier molecular flexibility index (Phi) is 4.82. The molecule has 0 saturated carbocycles. The van der Waals surface area contributed by atoms with Gasteiger partial charge < -0.3 is 20.3 Å². The summed E-state index contributed by atoms with van der Waals surface area (Å²) in [5.41, 5.74) is 0.960. The number of hydrogen-bond acceptors (Lipinski definition) is 4. The standard InChI is InChI=1S/C14H14ClNO5/c15-10-1-2-12-8(6-10)5-9(7-21-12)13(18)16-11(3-4-17)14(19)20/h1-2,5-6,11,17H,3-4,7H2,(H,16,18)(H,19,20). The van der Waals surface area contributed by atoms with E-state index < -0.39 is 17.9 Å². The molecule has 3 N–H and O–H groups in total. The van der Waals surface area contributed by atoms with Crippen LogP contribution in [0.1, 0.15) is 12.0 Å². The first-order valence-corrected chi connectivity index (χ1v) is 6.66. The fourth-order valence-corrected chi connectivity index (χ4v) is 2.10. The van der Waals surface area contributed by atoms with Crippen LogP contribution in [0, 0.1) is 0 Å². The molecule has 1 aromatic carbocycles. The monoisotopic (exact) mass is 311 g/mol. The molecule has 0 spiro atoms. The summed E-state index contributed by atoms with van der Waals surface area (Å²) >= 11 is 5.88. The topological polar surface area (TPSA) is 95.9 Å². The van der Waals surface area contributed by atoms with Crippen molar-refractivity contribution in [3.05, 3.63) is 34.4 Å². The Morgan fingerprint density at radius 2 is 2.19 bits per heavy atom. The minimum absolute atomic E-state index is 0.0475. The van der Waals surface area contributed by atoms with E-state index in [1.54, 1.807) is 24.3 Å². The Balaban J connectivity index is 2.15. The molecule has 1 unspecified atom stereocenters. The highest BCUT2D eigenvalue weighted by Crippen LogP contribution is 2.28. The summed E-state index contributed by atoms with van der Waals surface area (Å²) in [5, 5.41) is 20.6. The molecule has 1 amide bonds. The van der Waals surface area contributed by atoms with Crippen molar-refractivity contribution in [2.24, 2.45) is 0 Å². The number of aliphatic hydroxyl groups is 1. The van der Waals surface area contributed by atoms with Crippen molar-refractivity contribution in [3.63, 3.8) is 0 Å². The second-order valence-corrected chi connectivity index (χ2v) is 4.95. The van der Waals surface area contributed by atoms with Gasteiger partial charge in [0.25, 0.3) is 5.91 Å². The molecule has 0 aliphatic carbocycles. The molecule has 1 aromatic rings. The highest BCUT2D eigenvalue weighted by atomic mass is 35.5. The van der Waals surface area contributed by atoms with Gasteiger partial charge in [-0.1, -0.05) is 11.6 Å². The van der Waals surface area contributed by atoms with Crippen LogP contribution in [0.5, 0.6) is 5.75 Å². The van der Waals surface area contributed by atoms with Crippen molar-refractivity contribution in [2.75, 3.05) is 13.2 Å². The van der Waals surface area contributed by atoms with Gasteiger partial charge in [-0.05, 0) is 24.3 Å². The number of fused-ring (bicyclic) bond motifs is 1. The van der Waals surface area contributed by atoms with Crippen molar-refractivity contribution < 1.29 is 24.5 Å². The molecule has 1 heterocycles. The molecule has 6 nitrogen and oxygen atoms in total. The Morgan fingerprint density at radius 3 is 2.86 bits per heavy atom. The van der Waals surface area contributed by atoms with Crippen LogP contribution in [-0.4, -0.2) is 41.3 Å². The number of nitrogens with one attached hydrogen (secondary N) is 1. The number of hydrogen-bond donors (Lipinski definition) is 3. The maximum absolute atomic E-state index is 12.0. The number of carbonyl (C=O) groups excluding carboxylic acids is 1. The molecule has 21 heavy (non-hydrogen) atoms. The molecule has 112 valence electrons. The minimum atomic E-state index is -1.20. The van der Waals surface area contributed by atoms with Crippen LogP contribution in [0.15, 0.2) is 23.8 Å². The van der Waals surface area contributed by atoms with Crippen molar-refractivity contribution in [2.45, 2.75) is 12.5 Å². The normalized spacial score (nSPS) is 14.5. The third-order valence-electron chi connectivity index (χ3n) is 3.00. The number of carboxylic acid groups (broad SMARTS) is 1. The summed E-state index contributed by atoms with van der Waals surface area (Å²) in [6.45, 7) is -0.281. The van der Waals surface area contributed by atoms with Gasteiger partial charge in [-0.2, -0.15) is 0 Å². The van der Waals surface area contributed by atoms with Crippen LogP contribution >= 0.6 is 11.6 Å². The Morgan fingerprint density at radius 1 is 1.43 bits per heavy atom. The molecular weight excluding hydrogens is 298 g/mol. The lowest BCUT2D eigenvalue weighted by atomic mass is 10.1. The lowest BCUT2D eigenvalue weighted by Crippen LogP contribution is -2.42. The Labute approximate surface area is 126 Å². The third kappa shape index (κ3) is 3.74. The molecule has 0 aromatic heterocycles. The van der Waals surface area contributed by atoms with Crippen LogP contribution in [0.4, 0.5) is 0 Å². The van der Waals surface area contributed by atoms with Crippen molar-refractivity contribution >= 4 is 29.6 Å². The molecule has 1 aliphatic rings. The minimum Gasteiger partial charge on any atom is -0.488 e. The average molecular weight is 312 g/mol. The van der Waals surface area contributed by atoms with E-state index in [2.05, 4.69) is 5.32 Å². The molecule has 2 rings (SSSR count). The van der Waals surface area contributed by atoms with Crippen LogP contribution in [0.2, 0.25) is 5.02 Å². The quantitative estimate of drug-likeness (QED) is 0.756. The maximum atomic E-state index is 12.0. The van der Waals surface area contributed by atoms with E-state index in [9.17, 15) is 9.59 Å². The Hall–Kier alpha value is -2.05. The number of aliphatic hydroxyl groups excluding tert-OH is 1. The predicted molar refractivity (Wildman–Crippen MR) is 76.2 cm³/mol. The zero-order chi connectivity index (χ0) is 15.4. The first kappa shape index (κ1) is 15.3. The first-order valence-electron chi connectivity index (χ1n) is 6.28. The second-order valence-electron chi connectivity index (χ2n) is 4.52. The smallest absolute Gasteiger partial charge is 0.326 e. The number of amides is 1. The molecule has 0 fully saturated rings. The van der Waals surface area contributed by atoms with Gasteiger partial charge in [0.05, 0.1) is 5.57 Å². The zero-order valence-electron chi connectivity index (χ0n) is 11.0. The molecule has 0 saturated heterocycles. The summed E-state index contributed by atoms with van der Waals surface area (Å²) in [6, 6.07) is 3.91. The van der Waals surface area contributed by atoms with E-state index in [0.29, 0.717) is 21.9 Å². The number of ether oxygens (including phenoxy) is 1. The summed E-state index contributed by atoms with van der Waals surface area (Å²) in [5.74, 6) is -1.12. The molecule has 0 radical (unpaired) electrons. The van der Waals surface area contributed by atoms with E-state index in [0.717, 1.165) is 0 Å². The van der Waals surface area contributed by atoms with Gasteiger partial charge in [0.2, 0.25) is 0 Å². The van der Waals surface area contributed by atoms with Gasteiger partial charge in [0.15, 0.2) is 0 Å². The lowest BCUT2D eigenvalue weighted by Gasteiger charge is -2.19. The maximum Gasteiger partial charge on any atom is 0.326 e. The predicted octanol–water partition coefficient (Wildman–Crippen LogP) is 1.07. The van der Waals surface area contributed by atoms with Crippen LogP contribution in [0.25, 0.3) is 6.08 Å². The second kappa shape index (κ2) is 6.60. The van der Waals surface area contributed by atoms with Gasteiger partial charge in [0, 0.05) is 23.6 Å². The van der Waals surface area contributed by atoms with Crippen LogP contribution in [-0.2, 0) is 9.59 Å². The van der Waals surface area contributed by atoms with Gasteiger partial charge in [-0.3, -0.25) is 4.79 Å². The summed E-state index contributed by atoms with van der Waals surface area (Å²) in [4.78, 5) is 23.0. The van der Waals surface area contributed by atoms with Gasteiger partial charge in [-0.25, -0.2) is 4.79 Å². The highest BCUT2D eigenvalue weighted by molar-refractivity contribution is 6.30. The van der Waals surface area contributed by atoms with E-state index >= 15 is 0 Å². The molecular formula is C14H14ClNO5. The zero-order valence-corrected chi connectivity index (χ0v) is 11.8. The van der Waals surface area contributed by atoms with Crippen molar-refractivity contribution in [1.82, 2.24) is 5.32 Å². The number of carbonyl (C=O) groups is 2. The summed E-state index contributed by atoms with van der Waals surface area (Å²) in [7, 11) is 0. The van der Waals surface area contributed by atoms with E-state index in [4.69, 9.17) is 26.6 Å². The fourth-order valence-electron chi connectivity index (χ4n) is 1.92. The molecule has 1 atom stereocenters. The largest absolute Gasteiger partial charge is 0.488 e. The summed E-state index contributed by atoms with van der Waals surface area (Å²) < 4.78 is 5.43. The van der Waals surface area contributed by atoms with Crippen LogP contribution < -0.4 is 10.1 Å². The molecule has 0 bridgehead atoms. The fraction of sp³-hybridized carbons (Fsp3) is 0.286. The molecule has 1 aliphatic heterocycles. The van der Waals surface area contributed by atoms with E-state index in [1.165, 1.54) is 0 Å². The lowest BCUT2D eigenvalue weighted by molar-refractivity contribution is -0.141. The number of benzene rings is 1. The van der Waals surface area contributed by atoms with Crippen molar-refractivity contribution in [3.8, 4) is 5.75 Å². The number of rotatable bonds is 5. The SMILES string of the molecule is O=C(NC(CCO)C(=O)O)C1=Cc2cc(Cl)ccc2OC1. The number of halogens is 1. The van der Waals surface area contributed by atoms with Crippen LogP contribution in [0.3, 0.4) is 0 Å². The van der Waals surface area contributed by atoms with Crippen molar-refractivity contribution in [1.29, 1.82) is 0 Å². The van der Waals surface area contributed by atoms with E-state index in [-0.39, 0.29) is 19.6 Å². The highest BCUT2D eigenvalue weighted by Gasteiger charge is 2.23. The third-order valence-corrected chi connectivity index (χ3v) is 3.23. The number of carboxylic acids is 1. The first-order chi connectivity index (χ1) is 10.0.